The van der Waals surface area contributed by atoms with E-state index in [1.165, 1.54) is 6.07 Å². The fourth-order valence-electron chi connectivity index (χ4n) is 3.79. The number of ether oxygens (including phenoxy) is 1. The molecular weight excluding hydrogens is 345 g/mol. The van der Waals surface area contributed by atoms with Crippen LogP contribution in [0.4, 0.5) is 18.0 Å². The van der Waals surface area contributed by atoms with Gasteiger partial charge in [-0.3, -0.25) is 4.90 Å². The molecule has 0 unspecified atom stereocenters. The van der Waals surface area contributed by atoms with Crippen molar-refractivity contribution in [2.75, 3.05) is 26.2 Å². The maximum Gasteiger partial charge on any atom is 0.416 e. The number of hydrogen-bond donors (Lipinski definition) is 0. The second-order valence-electron chi connectivity index (χ2n) is 7.18. The van der Waals surface area contributed by atoms with E-state index in [1.807, 2.05) is 6.92 Å². The van der Waals surface area contributed by atoms with Gasteiger partial charge in [0.1, 0.15) is 0 Å². The second kappa shape index (κ2) is 7.86. The molecule has 1 fully saturated rings. The minimum absolute atomic E-state index is 0.273. The van der Waals surface area contributed by atoms with Crippen LogP contribution >= 0.6 is 0 Å². The topological polar surface area (TPSA) is 32.8 Å². The lowest BCUT2D eigenvalue weighted by molar-refractivity contribution is -0.138. The predicted octanol–water partition coefficient (Wildman–Crippen LogP) is 4.28. The summed E-state index contributed by atoms with van der Waals surface area (Å²) in [6, 6.07) is 4.41. The molecule has 1 aromatic carbocycles. The Balaban J connectivity index is 1.53. The molecule has 2 aliphatic heterocycles. The van der Waals surface area contributed by atoms with E-state index < -0.39 is 11.7 Å². The number of halogens is 3. The number of fused-ring (bicyclic) bond motifs is 1. The molecular formula is C19H25F3N2O2. The third-order valence-electron chi connectivity index (χ3n) is 5.14. The Morgan fingerprint density at radius 1 is 1.31 bits per heavy atom. The lowest BCUT2D eigenvalue weighted by atomic mass is 10.0. The van der Waals surface area contributed by atoms with Gasteiger partial charge in [-0.25, -0.2) is 4.79 Å². The number of rotatable bonds is 5. The molecule has 7 heteroatoms. The first kappa shape index (κ1) is 19.0. The Kier molecular flexibility index (Phi) is 5.75. The molecule has 0 aliphatic carbocycles. The summed E-state index contributed by atoms with van der Waals surface area (Å²) in [5.41, 5.74) is 0.632. The number of unbranched alkanes of at least 4 members (excludes halogenated alkanes) is 1. The van der Waals surface area contributed by atoms with Gasteiger partial charge in [-0.15, -0.1) is 0 Å². The van der Waals surface area contributed by atoms with Crippen molar-refractivity contribution in [3.8, 4) is 0 Å². The Bertz CT molecular complexity index is 648. The van der Waals surface area contributed by atoms with E-state index >= 15 is 0 Å². The Labute approximate surface area is 151 Å². The molecule has 3 rings (SSSR count). The third-order valence-corrected chi connectivity index (χ3v) is 5.14. The van der Waals surface area contributed by atoms with Gasteiger partial charge in [0, 0.05) is 32.7 Å². The average Bonchev–Trinajstić information content (AvgIpc) is 3.20. The number of likely N-dealkylation sites (tertiary alicyclic amines) is 1. The first-order valence-corrected chi connectivity index (χ1v) is 9.20. The van der Waals surface area contributed by atoms with Crippen LogP contribution < -0.4 is 0 Å². The van der Waals surface area contributed by atoms with Crippen molar-refractivity contribution < 1.29 is 22.7 Å². The van der Waals surface area contributed by atoms with Crippen molar-refractivity contribution >= 4 is 6.09 Å². The molecule has 0 spiro atoms. The zero-order chi connectivity index (χ0) is 18.7. The van der Waals surface area contributed by atoms with E-state index in [0.29, 0.717) is 44.9 Å². The summed E-state index contributed by atoms with van der Waals surface area (Å²) in [4.78, 5) is 15.8. The van der Waals surface area contributed by atoms with Crippen molar-refractivity contribution in [2.45, 2.75) is 45.5 Å². The average molecular weight is 370 g/mol. The molecule has 2 heterocycles. The van der Waals surface area contributed by atoms with Crippen LogP contribution in [0.2, 0.25) is 0 Å². The summed E-state index contributed by atoms with van der Waals surface area (Å²) in [6.45, 7) is 5.31. The first-order chi connectivity index (χ1) is 12.4. The molecule has 0 radical (unpaired) electrons. The van der Waals surface area contributed by atoms with E-state index in [2.05, 4.69) is 4.90 Å². The molecule has 1 amide bonds. The van der Waals surface area contributed by atoms with Crippen LogP contribution in [0.3, 0.4) is 0 Å². The van der Waals surface area contributed by atoms with Crippen molar-refractivity contribution in [1.29, 1.82) is 0 Å². The predicted molar refractivity (Wildman–Crippen MR) is 91.5 cm³/mol. The van der Waals surface area contributed by atoms with Crippen LogP contribution in [0.15, 0.2) is 18.2 Å². The van der Waals surface area contributed by atoms with Crippen molar-refractivity contribution in [2.24, 2.45) is 5.92 Å². The van der Waals surface area contributed by atoms with Gasteiger partial charge in [-0.1, -0.05) is 25.5 Å². The number of carbonyl (C=O) groups is 1. The van der Waals surface area contributed by atoms with Gasteiger partial charge in [0.05, 0.1) is 12.2 Å². The second-order valence-corrected chi connectivity index (χ2v) is 7.18. The third kappa shape index (κ3) is 4.31. The molecule has 144 valence electrons. The highest BCUT2D eigenvalue weighted by molar-refractivity contribution is 5.67. The highest BCUT2D eigenvalue weighted by Gasteiger charge is 2.37. The normalized spacial score (nSPS) is 20.5. The van der Waals surface area contributed by atoms with Crippen LogP contribution in [0.5, 0.6) is 0 Å². The summed E-state index contributed by atoms with van der Waals surface area (Å²) in [5.74, 6) is 0.275. The van der Waals surface area contributed by atoms with Crippen LogP contribution in [0.25, 0.3) is 0 Å². The van der Waals surface area contributed by atoms with Gasteiger partial charge in [0.25, 0.3) is 0 Å². The summed E-state index contributed by atoms with van der Waals surface area (Å²) in [7, 11) is 0. The SMILES string of the molecule is CCCCOC(=O)N1CC[C@@H](CN2Cc3cccc(C(F)(F)F)c3C2)C1. The van der Waals surface area contributed by atoms with Crippen LogP contribution in [0, 0.1) is 5.92 Å². The van der Waals surface area contributed by atoms with E-state index in [4.69, 9.17) is 4.74 Å². The molecule has 2 aliphatic rings. The maximum absolute atomic E-state index is 13.2. The number of amides is 1. The number of hydrogen-bond acceptors (Lipinski definition) is 3. The Morgan fingerprint density at radius 2 is 2.12 bits per heavy atom. The molecule has 0 saturated carbocycles. The minimum Gasteiger partial charge on any atom is -0.449 e. The standard InChI is InChI=1S/C19H25F3N2O2/c1-2-3-9-26-18(25)24-8-7-14(11-24)10-23-12-15-5-4-6-17(16(15)13-23)19(20,21)22/h4-6,14H,2-3,7-13H2,1H3/t14-/m0/s1. The van der Waals surface area contributed by atoms with Gasteiger partial charge in [-0.2, -0.15) is 13.2 Å². The molecule has 1 saturated heterocycles. The van der Waals surface area contributed by atoms with E-state index in [1.54, 1.807) is 11.0 Å². The molecule has 0 bridgehead atoms. The summed E-state index contributed by atoms with van der Waals surface area (Å²) in [6.07, 6.45) is -1.89. The molecule has 0 aromatic heterocycles. The van der Waals surface area contributed by atoms with Gasteiger partial charge in [0.15, 0.2) is 0 Å². The highest BCUT2D eigenvalue weighted by Crippen LogP contribution is 2.37. The first-order valence-electron chi connectivity index (χ1n) is 9.20. The fraction of sp³-hybridized carbons (Fsp3) is 0.632. The Hall–Kier alpha value is -1.76. The molecule has 4 nitrogen and oxygen atoms in total. The number of benzene rings is 1. The maximum atomic E-state index is 13.2. The molecule has 0 N–H and O–H groups in total. The quantitative estimate of drug-likeness (QED) is 0.726. The molecule has 1 aromatic rings. The number of nitrogens with zero attached hydrogens (tertiary/aromatic N) is 2. The molecule has 26 heavy (non-hydrogen) atoms. The zero-order valence-electron chi connectivity index (χ0n) is 15.0. The van der Waals surface area contributed by atoms with Crippen LogP contribution in [-0.2, 0) is 24.0 Å². The highest BCUT2D eigenvalue weighted by atomic mass is 19.4. The summed E-state index contributed by atoms with van der Waals surface area (Å²) < 4.78 is 44.7. The van der Waals surface area contributed by atoms with Gasteiger partial charge < -0.3 is 9.64 Å². The smallest absolute Gasteiger partial charge is 0.416 e. The monoisotopic (exact) mass is 370 g/mol. The van der Waals surface area contributed by atoms with E-state index in [0.717, 1.165) is 30.9 Å². The summed E-state index contributed by atoms with van der Waals surface area (Å²) in [5, 5.41) is 0. The minimum atomic E-state index is -4.31. The van der Waals surface area contributed by atoms with Crippen LogP contribution in [0.1, 0.15) is 42.9 Å². The van der Waals surface area contributed by atoms with E-state index in [9.17, 15) is 18.0 Å². The van der Waals surface area contributed by atoms with E-state index in [-0.39, 0.29) is 12.0 Å². The lowest BCUT2D eigenvalue weighted by Crippen LogP contribution is -2.32. The van der Waals surface area contributed by atoms with Crippen molar-refractivity contribution in [3.05, 3.63) is 34.9 Å². The van der Waals surface area contributed by atoms with Gasteiger partial charge in [-0.05, 0) is 36.0 Å². The fourth-order valence-corrected chi connectivity index (χ4v) is 3.79. The summed E-state index contributed by atoms with van der Waals surface area (Å²) >= 11 is 0. The van der Waals surface area contributed by atoms with Crippen LogP contribution in [-0.4, -0.2) is 42.1 Å². The van der Waals surface area contributed by atoms with Gasteiger partial charge >= 0.3 is 12.3 Å². The van der Waals surface area contributed by atoms with Gasteiger partial charge in [0.2, 0.25) is 0 Å². The lowest BCUT2D eigenvalue weighted by Gasteiger charge is -2.21. The molecule has 1 atom stereocenters. The Morgan fingerprint density at radius 3 is 2.85 bits per heavy atom. The van der Waals surface area contributed by atoms with Crippen molar-refractivity contribution in [1.82, 2.24) is 9.80 Å². The zero-order valence-corrected chi connectivity index (χ0v) is 15.0. The number of carbonyl (C=O) groups excluding carboxylic acids is 1. The largest absolute Gasteiger partial charge is 0.449 e. The number of alkyl halides is 3. The van der Waals surface area contributed by atoms with Crippen molar-refractivity contribution in [3.63, 3.8) is 0 Å².